The van der Waals surface area contributed by atoms with E-state index in [0.29, 0.717) is 32.2 Å². The second kappa shape index (κ2) is 6.71. The van der Waals surface area contributed by atoms with Crippen molar-refractivity contribution < 1.29 is 23.1 Å². The van der Waals surface area contributed by atoms with Crippen molar-refractivity contribution in [3.63, 3.8) is 0 Å². The molecular formula is C12H21N3O5S. The fourth-order valence-corrected chi connectivity index (χ4v) is 4.36. The lowest BCUT2D eigenvalue weighted by Gasteiger charge is -2.32. The third kappa shape index (κ3) is 3.92. The second-order valence-corrected chi connectivity index (χ2v) is 7.08. The van der Waals surface area contributed by atoms with E-state index in [1.54, 1.807) is 0 Å². The number of aliphatic carboxylic acids is 1. The summed E-state index contributed by atoms with van der Waals surface area (Å²) in [6.07, 6.45) is 3.60. The van der Waals surface area contributed by atoms with E-state index in [0.717, 1.165) is 17.1 Å². The first-order valence-corrected chi connectivity index (χ1v) is 8.65. The van der Waals surface area contributed by atoms with E-state index >= 15 is 0 Å². The molecule has 21 heavy (non-hydrogen) atoms. The molecule has 0 aromatic heterocycles. The third-order valence-corrected chi connectivity index (χ3v) is 5.51. The molecule has 2 aliphatic heterocycles. The van der Waals surface area contributed by atoms with Crippen molar-refractivity contribution in [2.24, 2.45) is 0 Å². The minimum Gasteiger partial charge on any atom is -0.480 e. The first-order chi connectivity index (χ1) is 9.92. The molecule has 9 heteroatoms. The second-order valence-electron chi connectivity index (χ2n) is 5.42. The van der Waals surface area contributed by atoms with Gasteiger partial charge in [-0.3, -0.25) is 9.59 Å². The maximum Gasteiger partial charge on any atom is 0.322 e. The number of carbonyl (C=O) groups is 2. The highest BCUT2D eigenvalue weighted by Gasteiger charge is 2.38. The Hall–Kier alpha value is -1.19. The van der Waals surface area contributed by atoms with Crippen LogP contribution in [0.25, 0.3) is 0 Å². The van der Waals surface area contributed by atoms with Crippen molar-refractivity contribution in [3.8, 4) is 0 Å². The van der Waals surface area contributed by atoms with Gasteiger partial charge in [0, 0.05) is 13.1 Å². The molecule has 2 heterocycles. The van der Waals surface area contributed by atoms with Gasteiger partial charge in [-0.2, -0.15) is 17.4 Å². The number of hydrogen-bond donors (Lipinski definition) is 3. The number of piperidine rings is 1. The lowest BCUT2D eigenvalue weighted by Crippen LogP contribution is -2.56. The Morgan fingerprint density at radius 3 is 2.67 bits per heavy atom. The van der Waals surface area contributed by atoms with Gasteiger partial charge in [-0.1, -0.05) is 0 Å². The molecule has 0 radical (unpaired) electrons. The lowest BCUT2D eigenvalue weighted by molar-refractivity contribution is -0.142. The fraction of sp³-hybridized carbons (Fsp3) is 0.833. The Morgan fingerprint density at radius 2 is 1.95 bits per heavy atom. The molecule has 3 N–H and O–H groups in total. The standard InChI is InChI=1S/C12H21N3O5S/c16-11-9(5-1-3-7-13-11)14-21(19,20)15-8-4-2-6-10(15)12(17)18/h9-10,14H,1-8H2,(H,13,16)(H,17,18). The Labute approximate surface area is 124 Å². The van der Waals surface area contributed by atoms with Crippen LogP contribution < -0.4 is 10.0 Å². The molecule has 0 aromatic carbocycles. The zero-order valence-electron chi connectivity index (χ0n) is 11.7. The average molecular weight is 319 g/mol. The summed E-state index contributed by atoms with van der Waals surface area (Å²) in [6, 6.07) is -1.88. The smallest absolute Gasteiger partial charge is 0.322 e. The first-order valence-electron chi connectivity index (χ1n) is 7.21. The van der Waals surface area contributed by atoms with Crippen LogP contribution in [0.3, 0.4) is 0 Å². The van der Waals surface area contributed by atoms with Gasteiger partial charge in [0.05, 0.1) is 0 Å². The summed E-state index contributed by atoms with van der Waals surface area (Å²) in [5, 5.41) is 11.8. The van der Waals surface area contributed by atoms with Gasteiger partial charge in [0.1, 0.15) is 12.1 Å². The van der Waals surface area contributed by atoms with Crippen LogP contribution in [0.4, 0.5) is 0 Å². The maximum atomic E-state index is 12.4. The van der Waals surface area contributed by atoms with Gasteiger partial charge >= 0.3 is 5.97 Å². The van der Waals surface area contributed by atoms with E-state index in [1.165, 1.54) is 0 Å². The van der Waals surface area contributed by atoms with Gasteiger partial charge in [-0.15, -0.1) is 0 Å². The van der Waals surface area contributed by atoms with E-state index < -0.39 is 28.3 Å². The molecular weight excluding hydrogens is 298 g/mol. The Morgan fingerprint density at radius 1 is 1.24 bits per heavy atom. The molecule has 2 aliphatic rings. The van der Waals surface area contributed by atoms with E-state index in [4.69, 9.17) is 5.11 Å². The normalized spacial score (nSPS) is 28.7. The van der Waals surface area contributed by atoms with Gasteiger partial charge in [0.2, 0.25) is 5.91 Å². The van der Waals surface area contributed by atoms with Crippen LogP contribution in [0.1, 0.15) is 38.5 Å². The third-order valence-electron chi connectivity index (χ3n) is 3.87. The molecule has 0 aromatic rings. The maximum absolute atomic E-state index is 12.4. The molecule has 2 saturated heterocycles. The number of amides is 1. The number of carbonyl (C=O) groups excluding carboxylic acids is 1. The molecule has 2 atom stereocenters. The largest absolute Gasteiger partial charge is 0.480 e. The summed E-state index contributed by atoms with van der Waals surface area (Å²) in [6.45, 7) is 0.708. The molecule has 8 nitrogen and oxygen atoms in total. The first kappa shape index (κ1) is 16.2. The molecule has 0 saturated carbocycles. The van der Waals surface area contributed by atoms with Crippen molar-refractivity contribution in [1.82, 2.24) is 14.3 Å². The molecule has 1 amide bonds. The van der Waals surface area contributed by atoms with Crippen molar-refractivity contribution in [1.29, 1.82) is 0 Å². The summed E-state index contributed by atoms with van der Waals surface area (Å²) in [4.78, 5) is 23.0. The fourth-order valence-electron chi connectivity index (χ4n) is 2.74. The highest BCUT2D eigenvalue weighted by Crippen LogP contribution is 2.20. The Balaban J connectivity index is 2.12. The van der Waals surface area contributed by atoms with Gasteiger partial charge in [0.15, 0.2) is 0 Å². The van der Waals surface area contributed by atoms with Crippen molar-refractivity contribution in [2.75, 3.05) is 13.1 Å². The predicted molar refractivity (Wildman–Crippen MR) is 74.7 cm³/mol. The van der Waals surface area contributed by atoms with Gasteiger partial charge in [-0.25, -0.2) is 0 Å². The van der Waals surface area contributed by atoms with Crippen molar-refractivity contribution in [2.45, 2.75) is 50.6 Å². The monoisotopic (exact) mass is 319 g/mol. The number of carboxylic acids is 1. The molecule has 2 unspecified atom stereocenters. The van der Waals surface area contributed by atoms with Crippen LogP contribution >= 0.6 is 0 Å². The zero-order valence-corrected chi connectivity index (χ0v) is 12.6. The van der Waals surface area contributed by atoms with Gasteiger partial charge in [-0.05, 0) is 38.5 Å². The van der Waals surface area contributed by atoms with Crippen molar-refractivity contribution >= 4 is 22.1 Å². The summed E-state index contributed by atoms with van der Waals surface area (Å²) in [7, 11) is -3.98. The van der Waals surface area contributed by atoms with E-state index in [2.05, 4.69) is 10.0 Å². The van der Waals surface area contributed by atoms with Crippen LogP contribution in [0.5, 0.6) is 0 Å². The summed E-state index contributed by atoms with van der Waals surface area (Å²) < 4.78 is 28.1. The highest BCUT2D eigenvalue weighted by atomic mass is 32.2. The summed E-state index contributed by atoms with van der Waals surface area (Å²) >= 11 is 0. The van der Waals surface area contributed by atoms with Crippen LogP contribution in [-0.2, 0) is 19.8 Å². The van der Waals surface area contributed by atoms with E-state index in [9.17, 15) is 18.0 Å². The van der Waals surface area contributed by atoms with Crippen LogP contribution in [-0.4, -0.2) is 54.9 Å². The number of hydrogen-bond acceptors (Lipinski definition) is 4. The van der Waals surface area contributed by atoms with Crippen LogP contribution in [0.15, 0.2) is 0 Å². The van der Waals surface area contributed by atoms with Crippen molar-refractivity contribution in [3.05, 3.63) is 0 Å². The Bertz CT molecular complexity index is 507. The molecule has 2 fully saturated rings. The summed E-state index contributed by atoms with van der Waals surface area (Å²) in [5.41, 5.74) is 0. The predicted octanol–water partition coefficient (Wildman–Crippen LogP) is -0.571. The summed E-state index contributed by atoms with van der Waals surface area (Å²) in [5.74, 6) is -1.50. The number of nitrogens with one attached hydrogen (secondary N) is 2. The minimum absolute atomic E-state index is 0.167. The SMILES string of the molecule is O=C1NCCCCC1NS(=O)(=O)N1CCCCC1C(=O)O. The van der Waals surface area contributed by atoms with Crippen LogP contribution in [0.2, 0.25) is 0 Å². The molecule has 2 rings (SSSR count). The highest BCUT2D eigenvalue weighted by molar-refractivity contribution is 7.87. The van der Waals surface area contributed by atoms with E-state index in [-0.39, 0.29) is 12.5 Å². The molecule has 0 spiro atoms. The quantitative estimate of drug-likeness (QED) is 0.642. The van der Waals surface area contributed by atoms with Crippen LogP contribution in [0, 0.1) is 0 Å². The molecule has 0 aliphatic carbocycles. The number of nitrogens with zero attached hydrogens (tertiary/aromatic N) is 1. The lowest BCUT2D eigenvalue weighted by atomic mass is 10.1. The van der Waals surface area contributed by atoms with E-state index in [1.807, 2.05) is 0 Å². The molecule has 0 bridgehead atoms. The Kier molecular flexibility index (Phi) is 5.17. The number of carboxylic acid groups (broad SMARTS) is 1. The topological polar surface area (TPSA) is 116 Å². The van der Waals surface area contributed by atoms with Gasteiger partial charge < -0.3 is 10.4 Å². The molecule has 120 valence electrons. The number of rotatable bonds is 4. The minimum atomic E-state index is -3.98. The average Bonchev–Trinajstić information content (AvgIpc) is 2.64. The zero-order chi connectivity index (χ0) is 15.5. The van der Waals surface area contributed by atoms with Gasteiger partial charge in [0.25, 0.3) is 10.2 Å².